The smallest absolute Gasteiger partial charge is 0.338 e. The molecule has 0 saturated carbocycles. The van der Waals surface area contributed by atoms with Crippen molar-refractivity contribution in [3.05, 3.63) is 115 Å². The van der Waals surface area contributed by atoms with Crippen LogP contribution >= 0.6 is 11.3 Å². The Bertz CT molecular complexity index is 1300. The Balaban J connectivity index is 1.93. The number of nitrogens with zero attached hydrogens (tertiary/aromatic N) is 2. The van der Waals surface area contributed by atoms with Gasteiger partial charge in [0.25, 0.3) is 5.56 Å². The first kappa shape index (κ1) is 19.8. The van der Waals surface area contributed by atoms with E-state index in [0.717, 1.165) is 11.1 Å². The minimum absolute atomic E-state index is 0.0928. The number of benzene rings is 2. The van der Waals surface area contributed by atoms with Gasteiger partial charge in [0.15, 0.2) is 4.80 Å². The fraction of sp³-hybridized carbons (Fsp3) is 0.125. The van der Waals surface area contributed by atoms with Crippen LogP contribution in [0.5, 0.6) is 0 Å². The van der Waals surface area contributed by atoms with Crippen LogP contribution in [-0.2, 0) is 9.53 Å². The van der Waals surface area contributed by atoms with E-state index in [1.165, 1.54) is 17.4 Å². The Morgan fingerprint density at radius 1 is 1.17 bits per heavy atom. The third kappa shape index (κ3) is 3.69. The summed E-state index contributed by atoms with van der Waals surface area (Å²) < 4.78 is 7.47. The number of carbonyl (C=O) groups is 1. The number of ether oxygens (including phenoxy) is 1. The minimum atomic E-state index is -0.599. The summed E-state index contributed by atoms with van der Waals surface area (Å²) in [6.45, 7) is 5.46. The molecule has 0 aliphatic carbocycles. The van der Waals surface area contributed by atoms with E-state index >= 15 is 0 Å². The number of hydrogen-bond donors (Lipinski definition) is 0. The van der Waals surface area contributed by atoms with E-state index in [1.54, 1.807) is 11.5 Å². The summed E-state index contributed by atoms with van der Waals surface area (Å²) in [6, 6.07) is 18.5. The average Bonchev–Trinajstić information content (AvgIpc) is 3.07. The van der Waals surface area contributed by atoms with Gasteiger partial charge in [-0.05, 0) is 24.1 Å². The normalized spacial score (nSPS) is 16.0. The van der Waals surface area contributed by atoms with Gasteiger partial charge in [0.1, 0.15) is 6.61 Å². The zero-order valence-electron chi connectivity index (χ0n) is 16.4. The largest absolute Gasteiger partial charge is 0.458 e. The Hall–Kier alpha value is -3.51. The third-order valence-electron chi connectivity index (χ3n) is 4.79. The van der Waals surface area contributed by atoms with E-state index in [1.807, 2.05) is 66.7 Å². The average molecular weight is 417 g/mol. The lowest BCUT2D eigenvalue weighted by Crippen LogP contribution is -2.39. The highest BCUT2D eigenvalue weighted by Crippen LogP contribution is 2.30. The number of esters is 1. The number of carbonyl (C=O) groups excluding carboxylic acids is 1. The quantitative estimate of drug-likeness (QED) is 0.475. The monoisotopic (exact) mass is 416 g/mol. The number of thiazole rings is 1. The van der Waals surface area contributed by atoms with Crippen LogP contribution in [0.4, 0.5) is 0 Å². The fourth-order valence-corrected chi connectivity index (χ4v) is 4.49. The molecule has 6 heteroatoms. The van der Waals surface area contributed by atoms with Gasteiger partial charge in [-0.1, -0.05) is 84.7 Å². The molecule has 0 amide bonds. The summed E-state index contributed by atoms with van der Waals surface area (Å²) in [4.78, 5) is 31.4. The van der Waals surface area contributed by atoms with Crippen molar-refractivity contribution < 1.29 is 9.53 Å². The predicted molar refractivity (Wildman–Crippen MR) is 118 cm³/mol. The summed E-state index contributed by atoms with van der Waals surface area (Å²) >= 11 is 1.32. The van der Waals surface area contributed by atoms with Crippen LogP contribution in [0.2, 0.25) is 0 Å². The van der Waals surface area contributed by atoms with Crippen molar-refractivity contribution in [2.24, 2.45) is 4.99 Å². The molecule has 30 heavy (non-hydrogen) atoms. The van der Waals surface area contributed by atoms with Crippen molar-refractivity contribution in [2.45, 2.75) is 13.0 Å². The zero-order valence-corrected chi connectivity index (χ0v) is 17.3. The van der Waals surface area contributed by atoms with Gasteiger partial charge >= 0.3 is 5.97 Å². The van der Waals surface area contributed by atoms with Crippen molar-refractivity contribution in [1.29, 1.82) is 0 Å². The van der Waals surface area contributed by atoms with E-state index in [2.05, 4.69) is 11.6 Å². The standard InChI is InChI=1S/C24H20N2O3S/c1-3-14-29-23(28)20-16(2)25-24-26(21(20)18-12-8-5-9-13-18)22(27)19(30-24)15-17-10-6-4-7-11-17/h3-13,15,21H,1,14H2,2H3/b19-15-. The summed E-state index contributed by atoms with van der Waals surface area (Å²) in [6.07, 6.45) is 3.36. The molecule has 150 valence electrons. The second-order valence-corrected chi connectivity index (χ2v) is 7.80. The highest BCUT2D eigenvalue weighted by molar-refractivity contribution is 7.07. The van der Waals surface area contributed by atoms with Crippen molar-refractivity contribution in [3.63, 3.8) is 0 Å². The van der Waals surface area contributed by atoms with Crippen LogP contribution in [0.25, 0.3) is 6.08 Å². The number of hydrogen-bond acceptors (Lipinski definition) is 5. The first-order valence-electron chi connectivity index (χ1n) is 9.50. The molecule has 1 aliphatic rings. The highest BCUT2D eigenvalue weighted by Gasteiger charge is 2.33. The maximum Gasteiger partial charge on any atom is 0.338 e. The number of allylic oxidation sites excluding steroid dienone is 1. The van der Waals surface area contributed by atoms with Gasteiger partial charge in [-0.15, -0.1) is 0 Å². The van der Waals surface area contributed by atoms with Crippen molar-refractivity contribution >= 4 is 23.4 Å². The Morgan fingerprint density at radius 2 is 1.83 bits per heavy atom. The van der Waals surface area contributed by atoms with Gasteiger partial charge in [-0.2, -0.15) is 0 Å². The predicted octanol–water partition coefficient (Wildman–Crippen LogP) is 2.96. The molecule has 1 aliphatic heterocycles. The lowest BCUT2D eigenvalue weighted by atomic mass is 9.96. The third-order valence-corrected chi connectivity index (χ3v) is 5.77. The Morgan fingerprint density at radius 3 is 2.50 bits per heavy atom. The zero-order chi connectivity index (χ0) is 21.1. The van der Waals surface area contributed by atoms with Gasteiger partial charge in [-0.25, -0.2) is 9.79 Å². The van der Waals surface area contributed by atoms with Gasteiger partial charge in [0.2, 0.25) is 0 Å². The second-order valence-electron chi connectivity index (χ2n) is 6.79. The molecule has 0 radical (unpaired) electrons. The van der Waals surface area contributed by atoms with E-state index in [0.29, 0.717) is 20.6 Å². The maximum atomic E-state index is 13.4. The van der Waals surface area contributed by atoms with E-state index < -0.39 is 12.0 Å². The Labute approximate surface area is 177 Å². The minimum Gasteiger partial charge on any atom is -0.458 e. The van der Waals surface area contributed by atoms with E-state index in [9.17, 15) is 9.59 Å². The molecule has 5 nitrogen and oxygen atoms in total. The lowest BCUT2D eigenvalue weighted by Gasteiger charge is -2.24. The van der Waals surface area contributed by atoms with Crippen molar-refractivity contribution in [2.75, 3.05) is 6.61 Å². The molecule has 0 bridgehead atoms. The molecular formula is C24H20N2O3S. The molecule has 1 unspecified atom stereocenters. The molecule has 0 fully saturated rings. The molecule has 2 aromatic carbocycles. The molecule has 3 aromatic rings. The first-order valence-corrected chi connectivity index (χ1v) is 10.3. The van der Waals surface area contributed by atoms with E-state index in [4.69, 9.17) is 4.74 Å². The first-order chi connectivity index (χ1) is 14.6. The molecule has 0 saturated heterocycles. The number of rotatable bonds is 5. The van der Waals surface area contributed by atoms with Gasteiger partial charge in [-0.3, -0.25) is 9.36 Å². The topological polar surface area (TPSA) is 60.7 Å². The Kier molecular flexibility index (Phi) is 5.59. The highest BCUT2D eigenvalue weighted by atomic mass is 32.1. The molecular weight excluding hydrogens is 396 g/mol. The van der Waals surface area contributed by atoms with Crippen molar-refractivity contribution in [1.82, 2.24) is 4.57 Å². The summed E-state index contributed by atoms with van der Waals surface area (Å²) in [5.74, 6) is -0.498. The van der Waals surface area contributed by atoms with Crippen LogP contribution in [0.1, 0.15) is 24.1 Å². The fourth-order valence-electron chi connectivity index (χ4n) is 3.45. The van der Waals surface area contributed by atoms with Gasteiger partial charge < -0.3 is 4.74 Å². The van der Waals surface area contributed by atoms with E-state index in [-0.39, 0.29) is 12.2 Å². The number of fused-ring (bicyclic) bond motifs is 1. The van der Waals surface area contributed by atoms with Gasteiger partial charge in [0, 0.05) is 0 Å². The summed E-state index contributed by atoms with van der Waals surface area (Å²) in [7, 11) is 0. The number of aromatic nitrogens is 1. The molecule has 4 rings (SSSR count). The second kappa shape index (κ2) is 8.47. The lowest BCUT2D eigenvalue weighted by molar-refractivity contribution is -0.138. The maximum absolute atomic E-state index is 13.4. The van der Waals surface area contributed by atoms with Crippen LogP contribution < -0.4 is 14.9 Å². The molecule has 1 atom stereocenters. The van der Waals surface area contributed by atoms with Crippen molar-refractivity contribution in [3.8, 4) is 0 Å². The summed E-state index contributed by atoms with van der Waals surface area (Å²) in [5, 5.41) is 0. The van der Waals surface area contributed by atoms with Crippen LogP contribution in [0.15, 0.2) is 94.4 Å². The summed E-state index contributed by atoms with van der Waals surface area (Å²) in [5.41, 5.74) is 2.48. The van der Waals surface area contributed by atoms with Crippen LogP contribution in [-0.4, -0.2) is 17.1 Å². The molecule has 0 spiro atoms. The molecule has 0 N–H and O–H groups in total. The van der Waals surface area contributed by atoms with Gasteiger partial charge in [0.05, 0.1) is 21.8 Å². The molecule has 1 aromatic heterocycles. The SMILES string of the molecule is C=CCOC(=O)C1=C(C)N=c2s/c(=C\c3ccccc3)c(=O)n2C1c1ccccc1. The van der Waals surface area contributed by atoms with Crippen LogP contribution in [0, 0.1) is 0 Å². The van der Waals surface area contributed by atoms with Crippen LogP contribution in [0.3, 0.4) is 0 Å². The molecule has 2 heterocycles.